The third-order valence-corrected chi connectivity index (χ3v) is 8.79. The number of aryl methyl sites for hydroxylation is 2. The maximum Gasteiger partial charge on any atom is 0.245 e. The number of carbonyl (C=O) groups excluding carboxylic acids is 3. The molecule has 1 aliphatic carbocycles. The molecule has 0 radical (unpaired) electrons. The highest BCUT2D eigenvalue weighted by molar-refractivity contribution is 5.93. The minimum Gasteiger partial charge on any atom is -0.347 e. The lowest BCUT2D eigenvalue weighted by atomic mass is 9.87. The number of amides is 3. The Hall–Kier alpha value is -3.15. The van der Waals surface area contributed by atoms with Crippen molar-refractivity contribution in [2.75, 3.05) is 6.54 Å². The van der Waals surface area contributed by atoms with Crippen LogP contribution in [0.1, 0.15) is 82.5 Å². The molecule has 210 valence electrons. The highest BCUT2D eigenvalue weighted by Gasteiger charge is 2.43. The van der Waals surface area contributed by atoms with E-state index in [-0.39, 0.29) is 35.6 Å². The zero-order valence-corrected chi connectivity index (χ0v) is 24.0. The van der Waals surface area contributed by atoms with Crippen LogP contribution in [-0.2, 0) is 27.2 Å². The molecule has 2 N–H and O–H groups in total. The first-order chi connectivity index (χ1) is 18.8. The summed E-state index contributed by atoms with van der Waals surface area (Å²) < 4.78 is 0. The van der Waals surface area contributed by atoms with E-state index in [1.54, 1.807) is 4.90 Å². The molecule has 0 bridgehead atoms. The number of hydrogen-bond donors (Lipinski definition) is 2. The predicted octanol–water partition coefficient (Wildman–Crippen LogP) is 5.22. The van der Waals surface area contributed by atoms with Gasteiger partial charge in [-0.05, 0) is 73.5 Å². The van der Waals surface area contributed by atoms with Crippen molar-refractivity contribution < 1.29 is 14.4 Å². The Morgan fingerprint density at radius 1 is 1.00 bits per heavy atom. The second-order valence-corrected chi connectivity index (χ2v) is 11.8. The van der Waals surface area contributed by atoms with Gasteiger partial charge in [-0.2, -0.15) is 0 Å². The van der Waals surface area contributed by atoms with Crippen LogP contribution in [-0.4, -0.2) is 41.2 Å². The van der Waals surface area contributed by atoms with E-state index < -0.39 is 12.1 Å². The van der Waals surface area contributed by atoms with Gasteiger partial charge in [-0.1, -0.05) is 82.3 Å². The van der Waals surface area contributed by atoms with E-state index >= 15 is 0 Å². The molecule has 1 aliphatic heterocycles. The summed E-state index contributed by atoms with van der Waals surface area (Å²) in [4.78, 5) is 42.6. The fourth-order valence-corrected chi connectivity index (χ4v) is 5.93. The van der Waals surface area contributed by atoms with Crippen molar-refractivity contribution in [1.82, 2.24) is 15.5 Å². The van der Waals surface area contributed by atoms with Crippen LogP contribution in [0.2, 0.25) is 0 Å². The number of benzene rings is 2. The lowest BCUT2D eigenvalue weighted by Gasteiger charge is -2.32. The van der Waals surface area contributed by atoms with Crippen LogP contribution in [0, 0.1) is 17.8 Å². The second-order valence-electron chi connectivity index (χ2n) is 11.8. The molecule has 0 unspecified atom stereocenters. The maximum absolute atomic E-state index is 14.1. The third-order valence-electron chi connectivity index (χ3n) is 8.79. The quantitative estimate of drug-likeness (QED) is 0.441. The van der Waals surface area contributed by atoms with Crippen molar-refractivity contribution in [3.63, 3.8) is 0 Å². The molecule has 0 saturated carbocycles. The highest BCUT2D eigenvalue weighted by atomic mass is 16.2. The van der Waals surface area contributed by atoms with Crippen LogP contribution in [0.15, 0.2) is 54.6 Å². The number of likely N-dealkylation sites (tertiary alicyclic amines) is 1. The molecular weight excluding hydrogens is 486 g/mol. The number of fused-ring (bicyclic) bond motifs is 1. The number of rotatable bonds is 10. The largest absolute Gasteiger partial charge is 0.347 e. The summed E-state index contributed by atoms with van der Waals surface area (Å²) in [6, 6.07) is 17.1. The maximum atomic E-state index is 14.1. The highest BCUT2D eigenvalue weighted by Crippen LogP contribution is 2.33. The Morgan fingerprint density at radius 2 is 1.72 bits per heavy atom. The van der Waals surface area contributed by atoms with Gasteiger partial charge >= 0.3 is 0 Å². The van der Waals surface area contributed by atoms with E-state index in [1.807, 2.05) is 50.2 Å². The molecule has 6 heteroatoms. The molecule has 2 aliphatic rings. The summed E-state index contributed by atoms with van der Waals surface area (Å²) in [7, 11) is 0. The van der Waals surface area contributed by atoms with Crippen LogP contribution < -0.4 is 10.6 Å². The lowest BCUT2D eigenvalue weighted by molar-refractivity contribution is -0.142. The summed E-state index contributed by atoms with van der Waals surface area (Å²) in [6.07, 6.45) is 5.50. The van der Waals surface area contributed by atoms with Gasteiger partial charge in [0.2, 0.25) is 17.7 Å². The number of hydrogen-bond acceptors (Lipinski definition) is 3. The SMILES string of the molecule is CC[C@@H](C)C(=O)N[C@@H](CCc1ccccc1)C(=O)N1C[C@@H](C(C)C)C[C@H]1C(=O)N[C@@H]1CCCc2ccccc21. The predicted molar refractivity (Wildman–Crippen MR) is 155 cm³/mol. The Morgan fingerprint density at radius 3 is 2.44 bits per heavy atom. The summed E-state index contributed by atoms with van der Waals surface area (Å²) in [5.74, 6) is 0.0837. The van der Waals surface area contributed by atoms with Crippen molar-refractivity contribution in [1.29, 1.82) is 0 Å². The minimum atomic E-state index is -0.664. The first kappa shape index (κ1) is 28.8. The summed E-state index contributed by atoms with van der Waals surface area (Å²) in [5, 5.41) is 6.36. The molecule has 3 amide bonds. The van der Waals surface area contributed by atoms with Crippen molar-refractivity contribution in [3.8, 4) is 0 Å². The molecule has 39 heavy (non-hydrogen) atoms. The molecule has 1 saturated heterocycles. The number of carbonyl (C=O) groups is 3. The van der Waals surface area contributed by atoms with E-state index in [4.69, 9.17) is 0 Å². The van der Waals surface area contributed by atoms with Gasteiger partial charge in [-0.3, -0.25) is 14.4 Å². The Balaban J connectivity index is 1.54. The van der Waals surface area contributed by atoms with Crippen molar-refractivity contribution in [2.45, 2.75) is 90.8 Å². The molecule has 0 spiro atoms. The van der Waals surface area contributed by atoms with Gasteiger partial charge in [0.25, 0.3) is 0 Å². The minimum absolute atomic E-state index is 0.0310. The van der Waals surface area contributed by atoms with Crippen molar-refractivity contribution in [2.24, 2.45) is 17.8 Å². The molecule has 5 atom stereocenters. The molecule has 2 aromatic rings. The lowest BCUT2D eigenvalue weighted by Crippen LogP contribution is -2.54. The molecule has 1 fully saturated rings. The van der Waals surface area contributed by atoms with E-state index in [2.05, 4.69) is 42.7 Å². The summed E-state index contributed by atoms with van der Waals surface area (Å²) >= 11 is 0. The first-order valence-electron chi connectivity index (χ1n) is 14.8. The Labute approximate surface area is 233 Å². The zero-order valence-electron chi connectivity index (χ0n) is 24.0. The average molecular weight is 532 g/mol. The van der Waals surface area contributed by atoms with Gasteiger partial charge in [0.05, 0.1) is 6.04 Å². The fraction of sp³-hybridized carbons (Fsp3) is 0.545. The first-order valence-corrected chi connectivity index (χ1v) is 14.8. The van der Waals surface area contributed by atoms with Gasteiger partial charge in [0, 0.05) is 12.5 Å². The van der Waals surface area contributed by atoms with E-state index in [9.17, 15) is 14.4 Å². The molecule has 4 rings (SSSR count). The van der Waals surface area contributed by atoms with Crippen molar-refractivity contribution >= 4 is 17.7 Å². The topological polar surface area (TPSA) is 78.5 Å². The van der Waals surface area contributed by atoms with Crippen LogP contribution in [0.5, 0.6) is 0 Å². The van der Waals surface area contributed by atoms with Crippen molar-refractivity contribution in [3.05, 3.63) is 71.3 Å². The number of nitrogens with zero attached hydrogens (tertiary/aromatic N) is 1. The molecule has 6 nitrogen and oxygen atoms in total. The van der Waals surface area contributed by atoms with Crippen LogP contribution >= 0.6 is 0 Å². The Bertz CT molecular complexity index is 1130. The monoisotopic (exact) mass is 531 g/mol. The second kappa shape index (κ2) is 13.3. The third kappa shape index (κ3) is 7.09. The molecule has 2 aromatic carbocycles. The fourth-order valence-electron chi connectivity index (χ4n) is 5.93. The van der Waals surface area contributed by atoms with E-state index in [0.29, 0.717) is 38.1 Å². The van der Waals surface area contributed by atoms with E-state index in [1.165, 1.54) is 11.1 Å². The van der Waals surface area contributed by atoms with Gasteiger partial charge in [-0.25, -0.2) is 0 Å². The van der Waals surface area contributed by atoms with Crippen LogP contribution in [0.25, 0.3) is 0 Å². The normalized spacial score (nSPS) is 22.2. The van der Waals surface area contributed by atoms with Gasteiger partial charge in [0.1, 0.15) is 12.1 Å². The molecular formula is C33H45N3O3. The van der Waals surface area contributed by atoms with Gasteiger partial charge in [-0.15, -0.1) is 0 Å². The molecule has 1 heterocycles. The zero-order chi connectivity index (χ0) is 27.9. The van der Waals surface area contributed by atoms with E-state index in [0.717, 1.165) is 24.8 Å². The average Bonchev–Trinajstić information content (AvgIpc) is 3.41. The van der Waals surface area contributed by atoms with Gasteiger partial charge < -0.3 is 15.5 Å². The van der Waals surface area contributed by atoms with Crippen LogP contribution in [0.3, 0.4) is 0 Å². The smallest absolute Gasteiger partial charge is 0.245 e. The summed E-state index contributed by atoms with van der Waals surface area (Å²) in [5.41, 5.74) is 3.61. The standard InChI is InChI=1S/C33H45N3O3/c1-5-23(4)31(37)35-29(19-18-24-12-7-6-8-13-24)33(39)36-21-26(22(2)3)20-30(36)32(38)34-28-17-11-15-25-14-9-10-16-27(25)28/h6-10,12-14,16,22-23,26,28-30H,5,11,15,17-21H2,1-4H3,(H,34,38)(H,35,37)/t23-,26+,28-,29+,30+/m1/s1. The van der Waals surface area contributed by atoms with Crippen LogP contribution in [0.4, 0.5) is 0 Å². The Kier molecular flexibility index (Phi) is 9.82. The molecule has 0 aromatic heterocycles. The van der Waals surface area contributed by atoms with Gasteiger partial charge in [0.15, 0.2) is 0 Å². The summed E-state index contributed by atoms with van der Waals surface area (Å²) in [6.45, 7) is 8.71. The number of nitrogens with one attached hydrogen (secondary N) is 2.